The molecule has 1 aromatic rings. The van der Waals surface area contributed by atoms with Gasteiger partial charge in [-0.05, 0) is 0 Å². The monoisotopic (exact) mass is 244 g/mol. The molecule has 1 rings (SSSR count). The van der Waals surface area contributed by atoms with Gasteiger partial charge in [0.05, 0.1) is 17.8 Å². The van der Waals surface area contributed by atoms with E-state index in [1.54, 1.807) is 13.2 Å². The molecule has 1 heterocycles. The number of aliphatic imine (C=N–C) groups is 1. The minimum atomic E-state index is -0.0950. The number of rotatable bonds is 5. The van der Waals surface area contributed by atoms with Crippen LogP contribution >= 0.6 is 11.6 Å². The van der Waals surface area contributed by atoms with E-state index in [1.165, 1.54) is 6.20 Å². The Morgan fingerprint density at radius 3 is 2.81 bits per heavy atom. The maximum atomic E-state index is 5.89. The number of ether oxygens (including phenoxy) is 2. The highest BCUT2D eigenvalue weighted by atomic mass is 35.5. The Hall–Kier alpha value is -1.53. The first-order valence-electron chi connectivity index (χ1n) is 4.50. The Balaban J connectivity index is 2.71. The molecule has 0 aromatic carbocycles. The first-order chi connectivity index (χ1) is 7.63. The molecule has 0 saturated carbocycles. The molecule has 0 radical (unpaired) electrons. The van der Waals surface area contributed by atoms with Crippen LogP contribution < -0.4 is 16.2 Å². The summed E-state index contributed by atoms with van der Waals surface area (Å²) in [7, 11) is 1.59. The highest BCUT2D eigenvalue weighted by Gasteiger charge is 2.03. The van der Waals surface area contributed by atoms with Crippen LogP contribution in [0.25, 0.3) is 0 Å². The van der Waals surface area contributed by atoms with Crippen LogP contribution in [0, 0.1) is 0 Å². The smallest absolute Gasteiger partial charge is 0.192 e. The van der Waals surface area contributed by atoms with Gasteiger partial charge in [-0.15, -0.1) is 0 Å². The van der Waals surface area contributed by atoms with Crippen molar-refractivity contribution in [2.45, 2.75) is 0 Å². The van der Waals surface area contributed by atoms with Gasteiger partial charge in [0.1, 0.15) is 12.4 Å². The Morgan fingerprint density at radius 2 is 2.25 bits per heavy atom. The Morgan fingerprint density at radius 1 is 1.50 bits per heavy atom. The lowest BCUT2D eigenvalue weighted by atomic mass is 10.4. The van der Waals surface area contributed by atoms with E-state index < -0.39 is 0 Å². The van der Waals surface area contributed by atoms with E-state index >= 15 is 0 Å². The molecule has 16 heavy (non-hydrogen) atoms. The molecule has 88 valence electrons. The van der Waals surface area contributed by atoms with Crippen LogP contribution in [0.15, 0.2) is 17.3 Å². The van der Waals surface area contributed by atoms with Crippen molar-refractivity contribution in [3.8, 4) is 5.75 Å². The second kappa shape index (κ2) is 6.14. The fourth-order valence-electron chi connectivity index (χ4n) is 0.939. The number of pyridine rings is 1. The summed E-state index contributed by atoms with van der Waals surface area (Å²) < 4.78 is 10.1. The quantitative estimate of drug-likeness (QED) is 0.451. The molecule has 0 unspecified atom stereocenters. The van der Waals surface area contributed by atoms with Crippen LogP contribution in [0.4, 0.5) is 5.82 Å². The lowest BCUT2D eigenvalue weighted by Gasteiger charge is -2.06. The highest BCUT2D eigenvalue weighted by molar-refractivity contribution is 6.32. The van der Waals surface area contributed by atoms with Crippen LogP contribution in [0.2, 0.25) is 5.02 Å². The van der Waals surface area contributed by atoms with Crippen molar-refractivity contribution in [1.82, 2.24) is 4.98 Å². The van der Waals surface area contributed by atoms with Crippen molar-refractivity contribution in [2.75, 3.05) is 20.3 Å². The predicted octanol–water partition coefficient (Wildman–Crippen LogP) is 0.665. The molecule has 0 saturated heterocycles. The summed E-state index contributed by atoms with van der Waals surface area (Å²) in [6, 6.07) is 1.59. The third-order valence-electron chi connectivity index (χ3n) is 1.59. The third kappa shape index (κ3) is 3.92. The van der Waals surface area contributed by atoms with E-state index in [0.717, 1.165) is 0 Å². The Bertz CT molecular complexity index is 380. The van der Waals surface area contributed by atoms with E-state index in [9.17, 15) is 0 Å². The molecule has 1 aromatic heterocycles. The molecule has 0 bridgehead atoms. The zero-order valence-corrected chi connectivity index (χ0v) is 9.57. The van der Waals surface area contributed by atoms with Crippen LogP contribution in [0.1, 0.15) is 0 Å². The second-order valence-electron chi connectivity index (χ2n) is 2.85. The number of methoxy groups -OCH3 is 1. The number of aromatic nitrogens is 1. The van der Waals surface area contributed by atoms with Crippen molar-refractivity contribution in [3.63, 3.8) is 0 Å². The molecule has 0 aliphatic heterocycles. The van der Waals surface area contributed by atoms with Crippen molar-refractivity contribution < 1.29 is 9.47 Å². The highest BCUT2D eigenvalue weighted by Crippen LogP contribution is 2.25. The summed E-state index contributed by atoms with van der Waals surface area (Å²) in [5, 5.41) is 0.323. The Kier molecular flexibility index (Phi) is 4.81. The summed E-state index contributed by atoms with van der Waals surface area (Å²) >= 11 is 5.89. The molecule has 0 aliphatic carbocycles. The maximum absolute atomic E-state index is 5.89. The number of hydrogen-bond donors (Lipinski definition) is 2. The second-order valence-corrected chi connectivity index (χ2v) is 3.26. The molecular weight excluding hydrogens is 232 g/mol. The normalized spacial score (nSPS) is 9.88. The van der Waals surface area contributed by atoms with E-state index in [-0.39, 0.29) is 11.8 Å². The van der Waals surface area contributed by atoms with Crippen molar-refractivity contribution in [2.24, 2.45) is 16.5 Å². The Labute approximate surface area is 98.2 Å². The molecule has 0 amide bonds. The number of nitrogens with zero attached hydrogens (tertiary/aromatic N) is 2. The van der Waals surface area contributed by atoms with Gasteiger partial charge in [-0.2, -0.15) is 4.99 Å². The molecule has 0 atom stereocenters. The van der Waals surface area contributed by atoms with Gasteiger partial charge in [0.25, 0.3) is 0 Å². The minimum Gasteiger partial charge on any atom is -0.490 e. The van der Waals surface area contributed by atoms with E-state index in [1.807, 2.05) is 0 Å². The molecule has 0 spiro atoms. The summed E-state index contributed by atoms with van der Waals surface area (Å²) in [5.74, 6) is 0.708. The standard InChI is InChI=1S/C9H13ClN4O2/c1-15-2-3-16-6-4-7(10)8(13-5-6)14-9(11)12/h4-5H,2-3H2,1H3,(H4,11,12,13,14). The van der Waals surface area contributed by atoms with Crippen molar-refractivity contribution in [3.05, 3.63) is 17.3 Å². The summed E-state index contributed by atoms with van der Waals surface area (Å²) in [6.45, 7) is 0.920. The summed E-state index contributed by atoms with van der Waals surface area (Å²) in [4.78, 5) is 7.70. The molecule has 7 heteroatoms. The van der Waals surface area contributed by atoms with Crippen LogP contribution in [-0.4, -0.2) is 31.3 Å². The van der Waals surface area contributed by atoms with Gasteiger partial charge in [0.2, 0.25) is 0 Å². The lowest BCUT2D eigenvalue weighted by Crippen LogP contribution is -2.22. The minimum absolute atomic E-state index is 0.0950. The third-order valence-corrected chi connectivity index (χ3v) is 1.87. The fourth-order valence-corrected chi connectivity index (χ4v) is 1.14. The van der Waals surface area contributed by atoms with Crippen molar-refractivity contribution in [1.29, 1.82) is 0 Å². The van der Waals surface area contributed by atoms with Gasteiger partial charge in [-0.3, -0.25) is 0 Å². The summed E-state index contributed by atoms with van der Waals surface area (Å²) in [5.41, 5.74) is 10.4. The molecule has 0 fully saturated rings. The molecule has 6 nitrogen and oxygen atoms in total. The van der Waals surface area contributed by atoms with Crippen molar-refractivity contribution >= 4 is 23.4 Å². The molecule has 0 aliphatic rings. The first kappa shape index (κ1) is 12.5. The largest absolute Gasteiger partial charge is 0.490 e. The number of guanidine groups is 1. The summed E-state index contributed by atoms with van der Waals surface area (Å²) in [6.07, 6.45) is 1.49. The number of halogens is 1. The van der Waals surface area contributed by atoms with Crippen LogP contribution in [0.3, 0.4) is 0 Å². The van der Waals surface area contributed by atoms with Gasteiger partial charge >= 0.3 is 0 Å². The average Bonchev–Trinajstić information content (AvgIpc) is 2.22. The SMILES string of the molecule is COCCOc1cnc(N=C(N)N)c(Cl)c1. The molecular formula is C9H13ClN4O2. The number of hydrogen-bond acceptors (Lipinski definition) is 4. The van der Waals surface area contributed by atoms with E-state index in [4.69, 9.17) is 32.5 Å². The zero-order chi connectivity index (χ0) is 12.0. The predicted molar refractivity (Wildman–Crippen MR) is 62.1 cm³/mol. The van der Waals surface area contributed by atoms with E-state index in [2.05, 4.69) is 9.98 Å². The fraction of sp³-hybridized carbons (Fsp3) is 0.333. The van der Waals surface area contributed by atoms with Crippen LogP contribution in [-0.2, 0) is 4.74 Å². The van der Waals surface area contributed by atoms with Gasteiger partial charge in [-0.1, -0.05) is 11.6 Å². The topological polar surface area (TPSA) is 95.8 Å². The van der Waals surface area contributed by atoms with Gasteiger partial charge in [0, 0.05) is 13.2 Å². The van der Waals surface area contributed by atoms with Gasteiger partial charge < -0.3 is 20.9 Å². The van der Waals surface area contributed by atoms with Crippen LogP contribution in [0.5, 0.6) is 5.75 Å². The first-order valence-corrected chi connectivity index (χ1v) is 4.88. The number of nitrogens with two attached hydrogens (primary N) is 2. The average molecular weight is 245 g/mol. The molecule has 4 N–H and O–H groups in total. The van der Waals surface area contributed by atoms with E-state index in [0.29, 0.717) is 24.0 Å². The zero-order valence-electron chi connectivity index (χ0n) is 8.81. The van der Waals surface area contributed by atoms with Gasteiger partial charge in [-0.25, -0.2) is 4.98 Å². The van der Waals surface area contributed by atoms with Gasteiger partial charge in [0.15, 0.2) is 11.8 Å². The lowest BCUT2D eigenvalue weighted by molar-refractivity contribution is 0.146. The maximum Gasteiger partial charge on any atom is 0.192 e.